The van der Waals surface area contributed by atoms with Gasteiger partial charge in [0.05, 0.1) is 12.1 Å². The van der Waals surface area contributed by atoms with Crippen LogP contribution in [-0.2, 0) is 6.42 Å². The van der Waals surface area contributed by atoms with E-state index in [0.29, 0.717) is 11.4 Å². The molecule has 0 spiro atoms. The summed E-state index contributed by atoms with van der Waals surface area (Å²) in [6, 6.07) is 8.89. The van der Waals surface area contributed by atoms with Gasteiger partial charge < -0.3 is 5.73 Å². The van der Waals surface area contributed by atoms with E-state index in [1.165, 1.54) is 0 Å². The molecule has 0 fully saturated rings. The molecular formula is C9H9ClN2. The third-order valence-electron chi connectivity index (χ3n) is 1.56. The van der Waals surface area contributed by atoms with Crippen molar-refractivity contribution < 1.29 is 0 Å². The van der Waals surface area contributed by atoms with Gasteiger partial charge in [0.1, 0.15) is 0 Å². The van der Waals surface area contributed by atoms with Crippen molar-refractivity contribution in [3.8, 4) is 6.07 Å². The zero-order valence-electron chi connectivity index (χ0n) is 6.50. The van der Waals surface area contributed by atoms with Crippen molar-refractivity contribution in [2.24, 2.45) is 5.73 Å². The molecule has 2 N–H and O–H groups in total. The maximum atomic E-state index is 8.47. The Balaban J connectivity index is 2.77. The second-order valence-electron chi connectivity index (χ2n) is 2.53. The monoisotopic (exact) mass is 180 g/mol. The van der Waals surface area contributed by atoms with Crippen LogP contribution in [0.4, 0.5) is 0 Å². The summed E-state index contributed by atoms with van der Waals surface area (Å²) >= 11 is 5.86. The van der Waals surface area contributed by atoms with Crippen LogP contribution in [0.15, 0.2) is 24.3 Å². The van der Waals surface area contributed by atoms with E-state index in [0.717, 1.165) is 5.56 Å². The number of nitrogens with zero attached hydrogens (tertiary/aromatic N) is 1. The molecule has 0 bridgehead atoms. The van der Waals surface area contributed by atoms with Gasteiger partial charge in [-0.3, -0.25) is 0 Å². The number of benzene rings is 1. The lowest BCUT2D eigenvalue weighted by atomic mass is 10.1. The molecule has 3 heteroatoms. The molecule has 0 aromatic heterocycles. The average molecular weight is 181 g/mol. The predicted octanol–water partition coefficient (Wildman–Crippen LogP) is 1.73. The van der Waals surface area contributed by atoms with Crippen LogP contribution >= 0.6 is 11.6 Å². The normalized spacial score (nSPS) is 12.1. The van der Waals surface area contributed by atoms with Crippen molar-refractivity contribution in [1.82, 2.24) is 0 Å². The Morgan fingerprint density at radius 2 is 2.17 bits per heavy atom. The minimum Gasteiger partial charge on any atom is -0.316 e. The Labute approximate surface area is 76.6 Å². The van der Waals surface area contributed by atoms with Gasteiger partial charge >= 0.3 is 0 Å². The second-order valence-corrected chi connectivity index (χ2v) is 2.94. The first-order chi connectivity index (χ1) is 5.74. The van der Waals surface area contributed by atoms with Gasteiger partial charge in [0.2, 0.25) is 0 Å². The molecule has 0 saturated carbocycles. The zero-order valence-corrected chi connectivity index (χ0v) is 7.25. The van der Waals surface area contributed by atoms with E-state index in [1.54, 1.807) is 6.07 Å². The van der Waals surface area contributed by atoms with Gasteiger partial charge in [-0.15, -0.1) is 0 Å². The van der Waals surface area contributed by atoms with Gasteiger partial charge in [-0.2, -0.15) is 5.26 Å². The van der Waals surface area contributed by atoms with Crippen LogP contribution in [0.1, 0.15) is 5.56 Å². The Kier molecular flexibility index (Phi) is 3.09. The summed E-state index contributed by atoms with van der Waals surface area (Å²) < 4.78 is 0. The van der Waals surface area contributed by atoms with Crippen molar-refractivity contribution in [3.05, 3.63) is 34.9 Å². The van der Waals surface area contributed by atoms with Crippen LogP contribution in [0.25, 0.3) is 0 Å². The molecule has 2 nitrogen and oxygen atoms in total. The largest absolute Gasteiger partial charge is 0.316 e. The van der Waals surface area contributed by atoms with Crippen LogP contribution in [-0.4, -0.2) is 6.04 Å². The molecular weight excluding hydrogens is 172 g/mol. The number of rotatable bonds is 2. The molecule has 0 heterocycles. The number of hydrogen-bond donors (Lipinski definition) is 1. The summed E-state index contributed by atoms with van der Waals surface area (Å²) in [7, 11) is 0. The third kappa shape index (κ3) is 2.23. The van der Waals surface area contributed by atoms with E-state index in [2.05, 4.69) is 0 Å². The third-order valence-corrected chi connectivity index (χ3v) is 1.93. The fourth-order valence-electron chi connectivity index (χ4n) is 0.947. The summed E-state index contributed by atoms with van der Waals surface area (Å²) in [4.78, 5) is 0. The Morgan fingerprint density at radius 1 is 1.50 bits per heavy atom. The highest BCUT2D eigenvalue weighted by Gasteiger charge is 2.04. The molecule has 0 amide bonds. The van der Waals surface area contributed by atoms with Crippen molar-refractivity contribution in [2.45, 2.75) is 12.5 Å². The summed E-state index contributed by atoms with van der Waals surface area (Å²) in [6.45, 7) is 0. The van der Waals surface area contributed by atoms with E-state index >= 15 is 0 Å². The molecule has 0 aliphatic rings. The van der Waals surface area contributed by atoms with Gasteiger partial charge in [-0.1, -0.05) is 29.8 Å². The molecule has 0 saturated heterocycles. The molecule has 1 atom stereocenters. The van der Waals surface area contributed by atoms with Crippen molar-refractivity contribution in [3.63, 3.8) is 0 Å². The first-order valence-corrected chi connectivity index (χ1v) is 4.00. The van der Waals surface area contributed by atoms with Crippen molar-refractivity contribution in [2.75, 3.05) is 0 Å². The molecule has 1 aromatic rings. The van der Waals surface area contributed by atoms with E-state index in [-0.39, 0.29) is 0 Å². The van der Waals surface area contributed by atoms with Crippen molar-refractivity contribution >= 4 is 11.6 Å². The van der Waals surface area contributed by atoms with Gasteiger partial charge in [-0.25, -0.2) is 0 Å². The summed E-state index contributed by atoms with van der Waals surface area (Å²) in [6.07, 6.45) is 0.510. The van der Waals surface area contributed by atoms with Crippen LogP contribution < -0.4 is 5.73 Å². The molecule has 12 heavy (non-hydrogen) atoms. The minimum atomic E-state index is -0.468. The maximum Gasteiger partial charge on any atom is 0.0969 e. The molecule has 0 aliphatic heterocycles. The quantitative estimate of drug-likeness (QED) is 0.754. The topological polar surface area (TPSA) is 49.8 Å². The zero-order chi connectivity index (χ0) is 8.97. The van der Waals surface area contributed by atoms with Gasteiger partial charge in [0.25, 0.3) is 0 Å². The number of hydrogen-bond acceptors (Lipinski definition) is 2. The van der Waals surface area contributed by atoms with Gasteiger partial charge in [0, 0.05) is 11.4 Å². The first-order valence-electron chi connectivity index (χ1n) is 3.62. The molecule has 0 unspecified atom stereocenters. The summed E-state index contributed by atoms with van der Waals surface area (Å²) in [5.41, 5.74) is 6.38. The molecule has 62 valence electrons. The molecule has 0 radical (unpaired) electrons. The number of nitrogens with two attached hydrogens (primary N) is 1. The highest BCUT2D eigenvalue weighted by Crippen LogP contribution is 2.15. The maximum absolute atomic E-state index is 8.47. The van der Waals surface area contributed by atoms with Gasteiger partial charge in [0.15, 0.2) is 0 Å². The van der Waals surface area contributed by atoms with Crippen LogP contribution in [0.2, 0.25) is 5.02 Å². The van der Waals surface area contributed by atoms with E-state index in [9.17, 15) is 0 Å². The highest BCUT2D eigenvalue weighted by atomic mass is 35.5. The Hall–Kier alpha value is -1.04. The molecule has 0 aliphatic carbocycles. The molecule has 1 aromatic carbocycles. The lowest BCUT2D eigenvalue weighted by Crippen LogP contribution is -2.20. The van der Waals surface area contributed by atoms with Gasteiger partial charge in [-0.05, 0) is 11.6 Å². The van der Waals surface area contributed by atoms with E-state index < -0.39 is 6.04 Å². The predicted molar refractivity (Wildman–Crippen MR) is 48.7 cm³/mol. The Bertz CT molecular complexity index is 304. The molecule has 1 rings (SSSR count). The fraction of sp³-hybridized carbons (Fsp3) is 0.222. The second kappa shape index (κ2) is 4.10. The van der Waals surface area contributed by atoms with Crippen LogP contribution in [0.3, 0.4) is 0 Å². The lowest BCUT2D eigenvalue weighted by molar-refractivity contribution is 0.823. The number of halogens is 1. The SMILES string of the molecule is N#C[C@@H](N)Cc1ccccc1Cl. The van der Waals surface area contributed by atoms with Crippen LogP contribution in [0.5, 0.6) is 0 Å². The van der Waals surface area contributed by atoms with Crippen LogP contribution in [0, 0.1) is 11.3 Å². The minimum absolute atomic E-state index is 0.468. The first kappa shape index (κ1) is 9.05. The Morgan fingerprint density at radius 3 is 2.75 bits per heavy atom. The summed E-state index contributed by atoms with van der Waals surface area (Å²) in [5, 5.41) is 9.14. The lowest BCUT2D eigenvalue weighted by Gasteiger charge is -2.04. The highest BCUT2D eigenvalue weighted by molar-refractivity contribution is 6.31. The van der Waals surface area contributed by atoms with E-state index in [4.69, 9.17) is 22.6 Å². The number of nitriles is 1. The van der Waals surface area contributed by atoms with Crippen molar-refractivity contribution in [1.29, 1.82) is 5.26 Å². The standard InChI is InChI=1S/C9H9ClN2/c10-9-4-2-1-3-7(9)5-8(12)6-11/h1-4,8H,5,12H2/t8-/m0/s1. The smallest absolute Gasteiger partial charge is 0.0969 e. The fourth-order valence-corrected chi connectivity index (χ4v) is 1.16. The average Bonchev–Trinajstić information content (AvgIpc) is 2.09. The summed E-state index contributed by atoms with van der Waals surface area (Å²) in [5.74, 6) is 0. The van der Waals surface area contributed by atoms with E-state index in [1.807, 2.05) is 24.3 Å².